The number of alkyl halides is 2. The van der Waals surface area contributed by atoms with Gasteiger partial charge in [-0.25, -0.2) is 8.78 Å². The van der Waals surface area contributed by atoms with E-state index in [4.69, 9.17) is 11.6 Å². The zero-order valence-electron chi connectivity index (χ0n) is 7.14. The Hall–Kier alpha value is -0.970. The Kier molecular flexibility index (Phi) is 5.22. The summed E-state index contributed by atoms with van der Waals surface area (Å²) in [7, 11) is 2.64. The molecule has 0 heterocycles. The zero-order valence-corrected chi connectivity index (χ0v) is 7.90. The average molecular weight is 211 g/mol. The Balaban J connectivity index is 5.13. The predicted molar refractivity (Wildman–Crippen MR) is 47.4 cm³/mol. The first-order chi connectivity index (χ1) is 6.04. The molecular weight excluding hydrogens is 202 g/mol. The number of aliphatic imine (C=N–C) groups is 1. The maximum atomic E-state index is 12.2. The van der Waals surface area contributed by atoms with E-state index in [0.29, 0.717) is 0 Å². The third-order valence-electron chi connectivity index (χ3n) is 1.25. The van der Waals surface area contributed by atoms with E-state index in [2.05, 4.69) is 10.3 Å². The van der Waals surface area contributed by atoms with Gasteiger partial charge in [-0.15, -0.1) is 0 Å². The fourth-order valence-electron chi connectivity index (χ4n) is 0.717. The summed E-state index contributed by atoms with van der Waals surface area (Å²) in [6.07, 6.45) is -1.78. The Labute approximate surface area is 79.5 Å². The summed E-state index contributed by atoms with van der Waals surface area (Å²) in [5.41, 5.74) is -0.840. The van der Waals surface area contributed by atoms with Crippen molar-refractivity contribution in [1.29, 1.82) is 0 Å². The number of allylic oxidation sites excluding steroid dienone is 2. The SMILES string of the molecule is CN=CC(C(=O)Cl)=C(NC)C(F)F. The minimum atomic E-state index is -2.78. The van der Waals surface area contributed by atoms with Crippen LogP contribution >= 0.6 is 11.6 Å². The van der Waals surface area contributed by atoms with Crippen LogP contribution in [0, 0.1) is 0 Å². The van der Waals surface area contributed by atoms with Crippen LogP contribution in [0.1, 0.15) is 0 Å². The molecule has 0 saturated heterocycles. The monoisotopic (exact) mass is 210 g/mol. The van der Waals surface area contributed by atoms with Crippen LogP contribution < -0.4 is 5.32 Å². The first kappa shape index (κ1) is 12.0. The quantitative estimate of drug-likeness (QED) is 0.430. The van der Waals surface area contributed by atoms with Gasteiger partial charge in [0.15, 0.2) is 0 Å². The van der Waals surface area contributed by atoms with Crippen molar-refractivity contribution < 1.29 is 13.6 Å². The maximum absolute atomic E-state index is 12.2. The average Bonchev–Trinajstić information content (AvgIpc) is 2.03. The van der Waals surface area contributed by atoms with Crippen LogP contribution in [0.2, 0.25) is 0 Å². The molecule has 6 heteroatoms. The molecule has 13 heavy (non-hydrogen) atoms. The minimum absolute atomic E-state index is 0.318. The van der Waals surface area contributed by atoms with Gasteiger partial charge in [0.1, 0.15) is 0 Å². The smallest absolute Gasteiger partial charge is 0.278 e. The summed E-state index contributed by atoms with van der Waals surface area (Å²) in [6.45, 7) is 0. The van der Waals surface area contributed by atoms with Gasteiger partial charge < -0.3 is 5.32 Å². The first-order valence-corrected chi connectivity index (χ1v) is 3.74. The number of hydrogen-bond acceptors (Lipinski definition) is 3. The van der Waals surface area contributed by atoms with Gasteiger partial charge in [-0.1, -0.05) is 0 Å². The van der Waals surface area contributed by atoms with Crippen molar-refractivity contribution in [3.8, 4) is 0 Å². The molecule has 0 atom stereocenters. The molecule has 0 aliphatic rings. The van der Waals surface area contributed by atoms with Gasteiger partial charge in [-0.2, -0.15) is 0 Å². The summed E-state index contributed by atoms with van der Waals surface area (Å²) in [5.74, 6) is 0. The number of carbonyl (C=O) groups excluding carboxylic acids is 1. The molecule has 0 rings (SSSR count). The van der Waals surface area contributed by atoms with Crippen LogP contribution in [0.4, 0.5) is 8.78 Å². The topological polar surface area (TPSA) is 41.5 Å². The van der Waals surface area contributed by atoms with Gasteiger partial charge in [0.25, 0.3) is 11.7 Å². The van der Waals surface area contributed by atoms with E-state index in [1.54, 1.807) is 0 Å². The number of carbonyl (C=O) groups is 1. The molecule has 0 aromatic rings. The molecule has 0 amide bonds. The van der Waals surface area contributed by atoms with Gasteiger partial charge in [-0.3, -0.25) is 9.79 Å². The van der Waals surface area contributed by atoms with Crippen molar-refractivity contribution >= 4 is 23.1 Å². The van der Waals surface area contributed by atoms with Crippen molar-refractivity contribution in [3.63, 3.8) is 0 Å². The van der Waals surface area contributed by atoms with E-state index in [9.17, 15) is 13.6 Å². The normalized spacial score (nSPS) is 13.4. The van der Waals surface area contributed by atoms with Crippen molar-refractivity contribution in [3.05, 3.63) is 11.3 Å². The second-order valence-electron chi connectivity index (χ2n) is 2.04. The van der Waals surface area contributed by atoms with Gasteiger partial charge in [-0.05, 0) is 11.6 Å². The van der Waals surface area contributed by atoms with Gasteiger partial charge in [0.2, 0.25) is 0 Å². The Morgan fingerprint density at radius 2 is 2.15 bits per heavy atom. The lowest BCUT2D eigenvalue weighted by molar-refractivity contribution is -0.108. The second-order valence-corrected chi connectivity index (χ2v) is 2.38. The molecule has 0 aromatic carbocycles. The van der Waals surface area contributed by atoms with Gasteiger partial charge >= 0.3 is 0 Å². The van der Waals surface area contributed by atoms with E-state index in [-0.39, 0.29) is 5.57 Å². The number of nitrogens with one attached hydrogen (secondary N) is 1. The fraction of sp³-hybridized carbons (Fsp3) is 0.429. The van der Waals surface area contributed by atoms with Crippen LogP contribution in [0.25, 0.3) is 0 Å². The Bertz CT molecular complexity index is 251. The second kappa shape index (κ2) is 5.64. The molecule has 0 fully saturated rings. The highest BCUT2D eigenvalue weighted by Gasteiger charge is 2.18. The molecule has 0 aliphatic carbocycles. The van der Waals surface area contributed by atoms with E-state index in [1.807, 2.05) is 0 Å². The molecule has 0 bridgehead atoms. The standard InChI is InChI=1S/C7H9ClF2N2O/c1-11-3-4(6(8)13)5(12-2)7(9)10/h3,7,12H,1-2H3. The number of halogens is 3. The molecule has 0 aromatic heterocycles. The Morgan fingerprint density at radius 3 is 2.38 bits per heavy atom. The van der Waals surface area contributed by atoms with E-state index >= 15 is 0 Å². The zero-order chi connectivity index (χ0) is 10.4. The molecule has 0 unspecified atom stereocenters. The van der Waals surface area contributed by atoms with Crippen molar-refractivity contribution in [2.45, 2.75) is 6.43 Å². The molecule has 3 nitrogen and oxygen atoms in total. The molecular formula is C7H9ClF2N2O. The highest BCUT2D eigenvalue weighted by atomic mass is 35.5. The number of nitrogens with zero attached hydrogens (tertiary/aromatic N) is 1. The van der Waals surface area contributed by atoms with Crippen molar-refractivity contribution in [1.82, 2.24) is 5.32 Å². The van der Waals surface area contributed by atoms with Crippen LogP contribution in [-0.4, -0.2) is 32.0 Å². The van der Waals surface area contributed by atoms with Crippen LogP contribution in [0.5, 0.6) is 0 Å². The molecule has 0 aliphatic heterocycles. The predicted octanol–water partition coefficient (Wildman–Crippen LogP) is 1.19. The van der Waals surface area contributed by atoms with Crippen molar-refractivity contribution in [2.75, 3.05) is 14.1 Å². The molecule has 1 N–H and O–H groups in total. The minimum Gasteiger partial charge on any atom is -0.386 e. The van der Waals surface area contributed by atoms with E-state index in [0.717, 1.165) is 6.21 Å². The lowest BCUT2D eigenvalue weighted by Crippen LogP contribution is -2.19. The van der Waals surface area contributed by atoms with Gasteiger partial charge in [0, 0.05) is 20.3 Å². The maximum Gasteiger partial charge on any atom is 0.278 e. The van der Waals surface area contributed by atoms with Crippen LogP contribution in [0.3, 0.4) is 0 Å². The largest absolute Gasteiger partial charge is 0.386 e. The van der Waals surface area contributed by atoms with Crippen LogP contribution in [-0.2, 0) is 4.79 Å². The highest BCUT2D eigenvalue weighted by molar-refractivity contribution is 6.70. The number of rotatable bonds is 4. The van der Waals surface area contributed by atoms with Gasteiger partial charge in [0.05, 0.1) is 11.3 Å². The van der Waals surface area contributed by atoms with Crippen LogP contribution in [0.15, 0.2) is 16.3 Å². The van der Waals surface area contributed by atoms with E-state index < -0.39 is 17.4 Å². The summed E-state index contributed by atoms with van der Waals surface area (Å²) in [4.78, 5) is 14.1. The van der Waals surface area contributed by atoms with Crippen molar-refractivity contribution in [2.24, 2.45) is 4.99 Å². The lowest BCUT2D eigenvalue weighted by atomic mass is 10.2. The molecule has 74 valence electrons. The third-order valence-corrected chi connectivity index (χ3v) is 1.45. The summed E-state index contributed by atoms with van der Waals surface area (Å²) < 4.78 is 24.5. The van der Waals surface area contributed by atoms with E-state index in [1.165, 1.54) is 14.1 Å². The summed E-state index contributed by atoms with van der Waals surface area (Å²) in [6, 6.07) is 0. The molecule has 0 spiro atoms. The first-order valence-electron chi connectivity index (χ1n) is 3.36. The highest BCUT2D eigenvalue weighted by Crippen LogP contribution is 2.11. The lowest BCUT2D eigenvalue weighted by Gasteiger charge is -2.07. The summed E-state index contributed by atoms with van der Waals surface area (Å²) >= 11 is 5.08. The summed E-state index contributed by atoms with van der Waals surface area (Å²) in [5, 5.41) is 1.24. The third kappa shape index (κ3) is 3.50. The fourth-order valence-corrected chi connectivity index (χ4v) is 0.867. The molecule has 0 saturated carbocycles. The Morgan fingerprint density at radius 1 is 1.62 bits per heavy atom. The molecule has 0 radical (unpaired) electrons. The number of hydrogen-bond donors (Lipinski definition) is 1.